The summed E-state index contributed by atoms with van der Waals surface area (Å²) in [7, 11) is 2.71. The van der Waals surface area contributed by atoms with Crippen LogP contribution in [-0.4, -0.2) is 23.6 Å². The van der Waals surface area contributed by atoms with E-state index < -0.39 is 0 Å². The summed E-state index contributed by atoms with van der Waals surface area (Å²) in [5, 5.41) is 0. The van der Waals surface area contributed by atoms with E-state index in [2.05, 4.69) is 43.0 Å². The summed E-state index contributed by atoms with van der Waals surface area (Å²) >= 11 is 2.94. The molecule has 1 aliphatic heterocycles. The van der Waals surface area contributed by atoms with Gasteiger partial charge in [-0.1, -0.05) is 73.4 Å². The lowest BCUT2D eigenvalue weighted by Crippen LogP contribution is -2.17. The third-order valence-corrected chi connectivity index (χ3v) is 2.60. The second-order valence-corrected chi connectivity index (χ2v) is 4.18. The Hall–Kier alpha value is -0.170. The minimum Gasteiger partial charge on any atom is -0.283 e. The molecule has 0 bridgehead atoms. The summed E-state index contributed by atoms with van der Waals surface area (Å²) in [5.41, 5.74) is 1.53. The minimum absolute atomic E-state index is 1.11. The maximum atomic E-state index is 2.94. The lowest BCUT2D eigenvalue weighted by atomic mass is 10.1. The van der Waals surface area contributed by atoms with Crippen LogP contribution in [0.4, 0.5) is 0 Å². The average molecular weight is 302 g/mol. The number of halogens is 1. The van der Waals surface area contributed by atoms with Crippen LogP contribution in [0.15, 0.2) is 48.0 Å². The molecule has 2 rings (SSSR count). The van der Waals surface area contributed by atoms with Gasteiger partial charge < -0.3 is 0 Å². The minimum atomic E-state index is 1.11. The topological polar surface area (TPSA) is 3.24 Å². The van der Waals surface area contributed by atoms with Crippen molar-refractivity contribution in [3.8, 4) is 0 Å². The van der Waals surface area contributed by atoms with Gasteiger partial charge in [0, 0.05) is 13.1 Å². The first-order valence-electron chi connectivity index (χ1n) is 5.32. The molecule has 90 valence electrons. The van der Waals surface area contributed by atoms with Crippen LogP contribution in [0.3, 0.4) is 0 Å². The zero-order valence-corrected chi connectivity index (χ0v) is 12.8. The van der Waals surface area contributed by atoms with Gasteiger partial charge in [0.05, 0.1) is 0 Å². The van der Waals surface area contributed by atoms with Gasteiger partial charge >= 0.3 is 0 Å². The molecule has 0 N–H and O–H groups in total. The summed E-state index contributed by atoms with van der Waals surface area (Å²) < 4.78 is 2.24. The summed E-state index contributed by atoms with van der Waals surface area (Å²) in [5.74, 6) is 1.81. The van der Waals surface area contributed by atoms with Crippen LogP contribution in [-0.2, 0) is 0 Å². The van der Waals surface area contributed by atoms with Crippen LogP contribution < -0.4 is 0 Å². The zero-order chi connectivity index (χ0) is 12.2. The van der Waals surface area contributed by atoms with Crippen molar-refractivity contribution in [3.05, 3.63) is 48.0 Å². The Bertz CT molecular complexity index is 248. The van der Waals surface area contributed by atoms with Gasteiger partial charge in [0.1, 0.15) is 0 Å². The highest BCUT2D eigenvalue weighted by molar-refractivity contribution is 9.08. The molecule has 1 heterocycles. The van der Waals surface area contributed by atoms with Crippen molar-refractivity contribution < 1.29 is 0 Å². The molecule has 1 nitrogen and oxygen atoms in total. The third kappa shape index (κ3) is 9.08. The van der Waals surface area contributed by atoms with Crippen molar-refractivity contribution in [1.82, 2.24) is 4.67 Å². The summed E-state index contributed by atoms with van der Waals surface area (Å²) in [6, 6.07) is 12.0. The van der Waals surface area contributed by atoms with Gasteiger partial charge in [-0.05, 0) is 19.2 Å². The molecule has 0 fully saturated rings. The van der Waals surface area contributed by atoms with Crippen LogP contribution in [0.2, 0.25) is 0 Å². The van der Waals surface area contributed by atoms with Crippen LogP contribution in [0, 0.1) is 0 Å². The zero-order valence-electron chi connectivity index (χ0n) is 10.1. The SMILES string of the molecule is CBr.CC1=CCN(P)CC1.c1ccccc1. The van der Waals surface area contributed by atoms with E-state index in [0.717, 1.165) is 6.54 Å². The number of alkyl halides is 1. The van der Waals surface area contributed by atoms with E-state index in [1.165, 1.54) is 18.5 Å². The fourth-order valence-corrected chi connectivity index (χ4v) is 1.41. The van der Waals surface area contributed by atoms with E-state index in [0.29, 0.717) is 0 Å². The first-order valence-corrected chi connectivity index (χ1v) is 7.42. The lowest BCUT2D eigenvalue weighted by Gasteiger charge is -2.19. The number of hydrogen-bond acceptors (Lipinski definition) is 1. The van der Waals surface area contributed by atoms with Crippen LogP contribution in [0.5, 0.6) is 0 Å². The van der Waals surface area contributed by atoms with Gasteiger partial charge in [0.25, 0.3) is 0 Å². The Morgan fingerprint density at radius 3 is 1.75 bits per heavy atom. The molecule has 0 saturated carbocycles. The first-order chi connectivity index (χ1) is 7.79. The predicted molar refractivity (Wildman–Crippen MR) is 81.0 cm³/mol. The molecule has 0 aliphatic carbocycles. The number of nitrogens with zero attached hydrogens (tertiary/aromatic N) is 1. The Morgan fingerprint density at radius 2 is 1.50 bits per heavy atom. The van der Waals surface area contributed by atoms with Crippen LogP contribution >= 0.6 is 25.3 Å². The van der Waals surface area contributed by atoms with Crippen LogP contribution in [0.25, 0.3) is 0 Å². The molecule has 1 aromatic rings. The van der Waals surface area contributed by atoms with Gasteiger partial charge in [-0.2, -0.15) is 0 Å². The van der Waals surface area contributed by atoms with E-state index >= 15 is 0 Å². The van der Waals surface area contributed by atoms with Crippen molar-refractivity contribution in [3.63, 3.8) is 0 Å². The number of hydrogen-bond donors (Lipinski definition) is 0. The second-order valence-electron chi connectivity index (χ2n) is 3.45. The smallest absolute Gasteiger partial charge is 0.0199 e. The Morgan fingerprint density at radius 1 is 1.06 bits per heavy atom. The van der Waals surface area contributed by atoms with Gasteiger partial charge in [-0.3, -0.25) is 4.67 Å². The highest BCUT2D eigenvalue weighted by Gasteiger charge is 2.01. The van der Waals surface area contributed by atoms with Crippen molar-refractivity contribution >= 4 is 25.3 Å². The molecule has 0 radical (unpaired) electrons. The van der Waals surface area contributed by atoms with E-state index in [1.807, 2.05) is 42.2 Å². The second kappa shape index (κ2) is 11.3. The first kappa shape index (κ1) is 15.8. The fourth-order valence-electron chi connectivity index (χ4n) is 1.17. The standard InChI is InChI=1S/C6H12NP.C6H6.CH3Br/c1-6-2-4-7(8)5-3-6;1-2-4-6-5-3-1;1-2/h2H,3-5,8H2,1H3;1-6H;1H3. The summed E-state index contributed by atoms with van der Waals surface area (Å²) in [6.07, 6.45) is 3.51. The molecular weight excluding hydrogens is 281 g/mol. The largest absolute Gasteiger partial charge is 0.283 e. The van der Waals surface area contributed by atoms with Crippen molar-refractivity contribution in [2.24, 2.45) is 0 Å². The van der Waals surface area contributed by atoms with Gasteiger partial charge in [-0.15, -0.1) is 0 Å². The summed E-state index contributed by atoms with van der Waals surface area (Å²) in [4.78, 5) is 0. The van der Waals surface area contributed by atoms with E-state index in [9.17, 15) is 0 Å². The van der Waals surface area contributed by atoms with Gasteiger partial charge in [0.15, 0.2) is 0 Å². The predicted octanol–water partition coefficient (Wildman–Crippen LogP) is 4.13. The highest BCUT2D eigenvalue weighted by Crippen LogP contribution is 2.11. The van der Waals surface area contributed by atoms with E-state index in [-0.39, 0.29) is 0 Å². The molecule has 1 aliphatic rings. The van der Waals surface area contributed by atoms with Gasteiger partial charge in [0.2, 0.25) is 0 Å². The molecule has 1 atom stereocenters. The third-order valence-electron chi connectivity index (χ3n) is 2.13. The maximum Gasteiger partial charge on any atom is 0.0199 e. The average Bonchev–Trinajstić information content (AvgIpc) is 2.38. The van der Waals surface area contributed by atoms with Crippen LogP contribution in [0.1, 0.15) is 13.3 Å². The maximum absolute atomic E-state index is 2.94. The highest BCUT2D eigenvalue weighted by atomic mass is 79.9. The number of rotatable bonds is 0. The molecule has 16 heavy (non-hydrogen) atoms. The summed E-state index contributed by atoms with van der Waals surface area (Å²) in [6.45, 7) is 4.50. The molecule has 0 saturated heterocycles. The van der Waals surface area contributed by atoms with E-state index in [4.69, 9.17) is 0 Å². The quantitative estimate of drug-likeness (QED) is 0.396. The Kier molecular flexibility index (Phi) is 11.2. The van der Waals surface area contributed by atoms with Gasteiger partial charge in [-0.25, -0.2) is 0 Å². The lowest BCUT2D eigenvalue weighted by molar-refractivity contribution is 0.498. The van der Waals surface area contributed by atoms with E-state index in [1.54, 1.807) is 0 Å². The Balaban J connectivity index is 0.000000251. The fraction of sp³-hybridized carbons (Fsp3) is 0.385. The number of benzene rings is 1. The molecule has 0 aromatic heterocycles. The molecule has 1 aromatic carbocycles. The van der Waals surface area contributed by atoms with Crippen molar-refractivity contribution in [2.75, 3.05) is 18.9 Å². The molecule has 3 heteroatoms. The van der Waals surface area contributed by atoms with Crippen molar-refractivity contribution in [1.29, 1.82) is 0 Å². The molecule has 0 amide bonds. The molecule has 1 unspecified atom stereocenters. The Labute approximate surface area is 110 Å². The molecule has 0 spiro atoms. The normalized spacial score (nSPS) is 14.9. The monoisotopic (exact) mass is 301 g/mol. The molecular formula is C13H21BrNP. The van der Waals surface area contributed by atoms with Crippen molar-refractivity contribution in [2.45, 2.75) is 13.3 Å².